The Bertz CT molecular complexity index is 1410. The monoisotopic (exact) mass is 515 g/mol. The summed E-state index contributed by atoms with van der Waals surface area (Å²) in [5, 5.41) is 0.326. The lowest BCUT2D eigenvalue weighted by Gasteiger charge is -2.36. The molecule has 0 saturated heterocycles. The number of carbonyl (C=O) groups excluding carboxylic acids is 1. The molecule has 0 aromatic heterocycles. The van der Waals surface area contributed by atoms with Gasteiger partial charge in [0.2, 0.25) is 0 Å². The number of likely N-dealkylation sites (N-methyl/N-ethyl adjacent to an activating group) is 1. The standard InChI is InChI=1S/C25H26ClN3O5S/c1-5-34-17-11-12-21-19(15-17)25(28(2)3,18-8-6-7-9-20(18)26)24(30)29(21)35(31,32)23-13-10-16(27)14-22(23)33-4/h6-15H,5,27H2,1-4H3. The van der Waals surface area contributed by atoms with E-state index in [1.54, 1.807) is 61.5 Å². The van der Waals surface area contributed by atoms with Gasteiger partial charge in [0.25, 0.3) is 15.9 Å². The molecule has 1 aliphatic heterocycles. The molecule has 0 saturated carbocycles. The number of rotatable bonds is 7. The predicted octanol–water partition coefficient (Wildman–Crippen LogP) is 3.87. The first-order valence-electron chi connectivity index (χ1n) is 10.8. The quantitative estimate of drug-likeness (QED) is 0.476. The third kappa shape index (κ3) is 3.71. The third-order valence-electron chi connectivity index (χ3n) is 6.02. The average Bonchev–Trinajstić information content (AvgIpc) is 3.08. The summed E-state index contributed by atoms with van der Waals surface area (Å²) in [5.74, 6) is -0.162. The van der Waals surface area contributed by atoms with Gasteiger partial charge in [-0.2, -0.15) is 0 Å². The molecule has 2 N–H and O–H groups in total. The van der Waals surface area contributed by atoms with Gasteiger partial charge < -0.3 is 15.2 Å². The number of hydrogen-bond donors (Lipinski definition) is 1. The van der Waals surface area contributed by atoms with Crippen LogP contribution in [0.1, 0.15) is 18.1 Å². The van der Waals surface area contributed by atoms with E-state index in [9.17, 15) is 13.2 Å². The number of benzene rings is 3. The minimum Gasteiger partial charge on any atom is -0.495 e. The minimum atomic E-state index is -4.42. The molecule has 1 heterocycles. The summed E-state index contributed by atoms with van der Waals surface area (Å²) in [6.07, 6.45) is 0. The van der Waals surface area contributed by atoms with Crippen LogP contribution < -0.4 is 19.5 Å². The Morgan fingerprint density at radius 2 is 1.77 bits per heavy atom. The molecule has 4 rings (SSSR count). The van der Waals surface area contributed by atoms with Crippen LogP contribution in [-0.4, -0.2) is 47.0 Å². The number of halogens is 1. The first-order valence-corrected chi connectivity index (χ1v) is 12.7. The molecule has 8 nitrogen and oxygen atoms in total. The molecule has 1 aliphatic rings. The van der Waals surface area contributed by atoms with Gasteiger partial charge in [-0.25, -0.2) is 12.7 Å². The topological polar surface area (TPSA) is 102 Å². The third-order valence-corrected chi connectivity index (χ3v) is 8.09. The van der Waals surface area contributed by atoms with Gasteiger partial charge in [0.15, 0.2) is 5.54 Å². The zero-order chi connectivity index (χ0) is 25.5. The summed E-state index contributed by atoms with van der Waals surface area (Å²) in [6.45, 7) is 2.24. The van der Waals surface area contributed by atoms with Crippen molar-refractivity contribution in [1.29, 1.82) is 0 Å². The lowest BCUT2D eigenvalue weighted by atomic mass is 9.82. The van der Waals surface area contributed by atoms with Crippen molar-refractivity contribution in [3.8, 4) is 11.5 Å². The molecule has 184 valence electrons. The van der Waals surface area contributed by atoms with Gasteiger partial charge in [-0.05, 0) is 57.4 Å². The van der Waals surface area contributed by atoms with Crippen LogP contribution in [0.5, 0.6) is 11.5 Å². The Balaban J connectivity index is 2.07. The number of nitrogens with zero attached hydrogens (tertiary/aromatic N) is 2. The van der Waals surface area contributed by atoms with Crippen molar-refractivity contribution < 1.29 is 22.7 Å². The minimum absolute atomic E-state index is 0.0328. The Hall–Kier alpha value is -3.27. The summed E-state index contributed by atoms with van der Waals surface area (Å²) in [5.41, 5.74) is 5.72. The van der Waals surface area contributed by atoms with E-state index < -0.39 is 21.5 Å². The number of ether oxygens (including phenoxy) is 2. The lowest BCUT2D eigenvalue weighted by molar-refractivity contribution is -0.125. The number of methoxy groups -OCH3 is 1. The van der Waals surface area contributed by atoms with Crippen LogP contribution in [-0.2, 0) is 20.4 Å². The number of sulfonamides is 1. The number of anilines is 2. The van der Waals surface area contributed by atoms with Crippen molar-refractivity contribution in [2.45, 2.75) is 17.4 Å². The van der Waals surface area contributed by atoms with Crippen LogP contribution in [0.2, 0.25) is 5.02 Å². The number of hydrogen-bond acceptors (Lipinski definition) is 7. The van der Waals surface area contributed by atoms with Gasteiger partial charge in [0, 0.05) is 27.9 Å². The van der Waals surface area contributed by atoms with Crippen molar-refractivity contribution in [2.75, 3.05) is 37.9 Å². The summed E-state index contributed by atoms with van der Waals surface area (Å²) in [4.78, 5) is 15.9. The molecule has 35 heavy (non-hydrogen) atoms. The molecule has 10 heteroatoms. The molecule has 3 aromatic rings. The smallest absolute Gasteiger partial charge is 0.274 e. The highest BCUT2D eigenvalue weighted by molar-refractivity contribution is 7.93. The van der Waals surface area contributed by atoms with Crippen LogP contribution in [0.3, 0.4) is 0 Å². The summed E-state index contributed by atoms with van der Waals surface area (Å²) in [7, 11) is 0.338. The van der Waals surface area contributed by atoms with Gasteiger partial charge in [-0.15, -0.1) is 0 Å². The van der Waals surface area contributed by atoms with E-state index in [1.807, 2.05) is 6.92 Å². The second-order valence-corrected chi connectivity index (χ2v) is 10.3. The highest BCUT2D eigenvalue weighted by Crippen LogP contribution is 2.52. The first kappa shape index (κ1) is 24.8. The SMILES string of the molecule is CCOc1ccc2c(c1)C(c1ccccc1Cl)(N(C)C)C(=O)N2S(=O)(=O)c1ccc(N)cc1OC. The zero-order valence-electron chi connectivity index (χ0n) is 19.8. The molecular weight excluding hydrogens is 490 g/mol. The van der Waals surface area contributed by atoms with Crippen molar-refractivity contribution >= 4 is 38.9 Å². The molecule has 0 bridgehead atoms. The maximum atomic E-state index is 14.4. The summed E-state index contributed by atoms with van der Waals surface area (Å²) < 4.78 is 39.9. The maximum Gasteiger partial charge on any atom is 0.274 e. The van der Waals surface area contributed by atoms with Gasteiger partial charge >= 0.3 is 0 Å². The fraction of sp³-hybridized carbons (Fsp3) is 0.240. The zero-order valence-corrected chi connectivity index (χ0v) is 21.4. The average molecular weight is 516 g/mol. The summed E-state index contributed by atoms with van der Waals surface area (Å²) >= 11 is 6.60. The van der Waals surface area contributed by atoms with E-state index in [0.29, 0.717) is 34.2 Å². The number of nitrogen functional groups attached to an aromatic ring is 1. The van der Waals surface area contributed by atoms with Gasteiger partial charge in [-0.3, -0.25) is 9.69 Å². The Kier molecular flexibility index (Phi) is 6.44. The fourth-order valence-electron chi connectivity index (χ4n) is 4.53. The van der Waals surface area contributed by atoms with Gasteiger partial charge in [0.1, 0.15) is 16.4 Å². The molecule has 1 amide bonds. The van der Waals surface area contributed by atoms with Crippen molar-refractivity contribution in [3.05, 3.63) is 76.8 Å². The highest BCUT2D eigenvalue weighted by Gasteiger charge is 2.58. The number of carbonyl (C=O) groups is 1. The van der Waals surface area contributed by atoms with E-state index in [-0.39, 0.29) is 16.3 Å². The van der Waals surface area contributed by atoms with E-state index in [1.165, 1.54) is 25.3 Å². The molecule has 0 aliphatic carbocycles. The normalized spacial score (nSPS) is 17.5. The largest absolute Gasteiger partial charge is 0.495 e. The molecule has 3 aromatic carbocycles. The molecule has 1 unspecified atom stereocenters. The number of fused-ring (bicyclic) bond motifs is 1. The molecule has 1 atom stereocenters. The van der Waals surface area contributed by atoms with Crippen LogP contribution in [0.4, 0.5) is 11.4 Å². The predicted molar refractivity (Wildman–Crippen MR) is 136 cm³/mol. The first-order chi connectivity index (χ1) is 16.6. The second-order valence-electron chi connectivity index (χ2n) is 8.18. The second kappa shape index (κ2) is 9.07. The lowest BCUT2D eigenvalue weighted by Crippen LogP contribution is -2.52. The Morgan fingerprint density at radius 3 is 2.40 bits per heavy atom. The van der Waals surface area contributed by atoms with Crippen molar-refractivity contribution in [1.82, 2.24) is 4.90 Å². The van der Waals surface area contributed by atoms with Crippen molar-refractivity contribution in [2.24, 2.45) is 0 Å². The molecular formula is C25H26ClN3O5S. The van der Waals surface area contributed by atoms with Gasteiger partial charge in [0.05, 0.1) is 19.4 Å². The van der Waals surface area contributed by atoms with Crippen LogP contribution in [0, 0.1) is 0 Å². The molecule has 0 fully saturated rings. The highest BCUT2D eigenvalue weighted by atomic mass is 35.5. The Morgan fingerprint density at radius 1 is 1.06 bits per heavy atom. The van der Waals surface area contributed by atoms with Crippen LogP contribution in [0.15, 0.2) is 65.6 Å². The number of nitrogens with two attached hydrogens (primary N) is 1. The fourth-order valence-corrected chi connectivity index (χ4v) is 6.41. The summed E-state index contributed by atoms with van der Waals surface area (Å²) in [6, 6.07) is 16.0. The van der Waals surface area contributed by atoms with E-state index in [0.717, 1.165) is 4.31 Å². The van der Waals surface area contributed by atoms with Crippen LogP contribution >= 0.6 is 11.6 Å². The van der Waals surface area contributed by atoms with E-state index in [4.69, 9.17) is 26.8 Å². The molecule has 0 spiro atoms. The molecule has 0 radical (unpaired) electrons. The van der Waals surface area contributed by atoms with Crippen molar-refractivity contribution in [3.63, 3.8) is 0 Å². The van der Waals surface area contributed by atoms with Crippen LogP contribution in [0.25, 0.3) is 0 Å². The Labute approximate surface area is 209 Å². The van der Waals surface area contributed by atoms with Gasteiger partial charge in [-0.1, -0.05) is 29.8 Å². The van der Waals surface area contributed by atoms with E-state index >= 15 is 0 Å². The maximum absolute atomic E-state index is 14.4. The van der Waals surface area contributed by atoms with E-state index in [2.05, 4.69) is 0 Å². The number of amides is 1.